The third kappa shape index (κ3) is 6.66. The lowest BCUT2D eigenvalue weighted by Gasteiger charge is -2.14. The second kappa shape index (κ2) is 11.3. The molecule has 0 aromatic heterocycles. The molecule has 0 fully saturated rings. The molecule has 0 heterocycles. The Labute approximate surface area is 188 Å². The van der Waals surface area contributed by atoms with E-state index in [4.69, 9.17) is 32.7 Å². The van der Waals surface area contributed by atoms with E-state index in [-0.39, 0.29) is 0 Å². The molecule has 0 aliphatic rings. The number of hydrogen-bond donors (Lipinski definition) is 1. The molecular formula is C25H27Cl2NO2. The Kier molecular flexibility index (Phi) is 8.44. The zero-order valence-electron chi connectivity index (χ0n) is 17.4. The summed E-state index contributed by atoms with van der Waals surface area (Å²) in [4.78, 5) is 0. The van der Waals surface area contributed by atoms with Crippen molar-refractivity contribution >= 4 is 23.2 Å². The van der Waals surface area contributed by atoms with Crippen LogP contribution in [0.3, 0.4) is 0 Å². The molecule has 0 saturated carbocycles. The molecule has 0 unspecified atom stereocenters. The molecule has 0 bridgehead atoms. The highest BCUT2D eigenvalue weighted by molar-refractivity contribution is 6.35. The summed E-state index contributed by atoms with van der Waals surface area (Å²) in [5, 5.41) is 4.82. The summed E-state index contributed by atoms with van der Waals surface area (Å²) in [6.07, 6.45) is 0.839. The molecule has 3 aromatic rings. The number of halogens is 2. The van der Waals surface area contributed by atoms with Crippen molar-refractivity contribution in [2.75, 3.05) is 13.2 Å². The third-order valence-electron chi connectivity index (χ3n) is 4.74. The maximum absolute atomic E-state index is 6.24. The molecular weight excluding hydrogens is 417 g/mol. The van der Waals surface area contributed by atoms with Crippen LogP contribution in [0.4, 0.5) is 0 Å². The fraction of sp³-hybridized carbons (Fsp3) is 0.280. The summed E-state index contributed by atoms with van der Waals surface area (Å²) >= 11 is 12.2. The van der Waals surface area contributed by atoms with Gasteiger partial charge in [0, 0.05) is 16.6 Å². The van der Waals surface area contributed by atoms with Crippen LogP contribution >= 0.6 is 23.2 Å². The number of rotatable bonds is 10. The van der Waals surface area contributed by atoms with E-state index >= 15 is 0 Å². The molecule has 0 amide bonds. The molecule has 5 heteroatoms. The van der Waals surface area contributed by atoms with Crippen LogP contribution in [0.2, 0.25) is 10.0 Å². The lowest BCUT2D eigenvalue weighted by Crippen LogP contribution is -2.17. The topological polar surface area (TPSA) is 30.5 Å². The number of aryl methyl sites for hydroxylation is 1. The molecule has 0 aliphatic carbocycles. The van der Waals surface area contributed by atoms with Crippen LogP contribution in [0.25, 0.3) is 0 Å². The lowest BCUT2D eigenvalue weighted by atomic mass is 10.1. The van der Waals surface area contributed by atoms with Crippen LogP contribution < -0.4 is 14.8 Å². The van der Waals surface area contributed by atoms with Gasteiger partial charge in [0.15, 0.2) is 11.5 Å². The van der Waals surface area contributed by atoms with Crippen LogP contribution in [0.1, 0.15) is 29.2 Å². The van der Waals surface area contributed by atoms with Gasteiger partial charge in [0.1, 0.15) is 6.61 Å². The van der Waals surface area contributed by atoms with Crippen molar-refractivity contribution in [2.45, 2.75) is 33.4 Å². The zero-order valence-corrected chi connectivity index (χ0v) is 18.9. The Morgan fingerprint density at radius 3 is 2.33 bits per heavy atom. The van der Waals surface area contributed by atoms with Crippen molar-refractivity contribution < 1.29 is 9.47 Å². The minimum atomic E-state index is 0.514. The molecule has 0 atom stereocenters. The van der Waals surface area contributed by atoms with Gasteiger partial charge in [-0.15, -0.1) is 0 Å². The highest BCUT2D eigenvalue weighted by Gasteiger charge is 2.08. The molecule has 0 spiro atoms. The van der Waals surface area contributed by atoms with E-state index in [1.807, 2.05) is 31.2 Å². The van der Waals surface area contributed by atoms with Gasteiger partial charge in [0.05, 0.1) is 6.61 Å². The first-order valence-electron chi connectivity index (χ1n) is 10.1. The van der Waals surface area contributed by atoms with Crippen LogP contribution in [0, 0.1) is 6.92 Å². The average Bonchev–Trinajstić information content (AvgIpc) is 2.73. The molecule has 158 valence electrons. The van der Waals surface area contributed by atoms with Crippen LogP contribution in [-0.4, -0.2) is 13.2 Å². The lowest BCUT2D eigenvalue weighted by molar-refractivity contribution is 0.269. The summed E-state index contributed by atoms with van der Waals surface area (Å²) in [6, 6.07) is 20.1. The largest absolute Gasteiger partial charge is 0.490 e. The molecule has 3 nitrogen and oxygen atoms in total. The Morgan fingerprint density at radius 2 is 1.60 bits per heavy atom. The van der Waals surface area contributed by atoms with E-state index < -0.39 is 0 Å². The predicted octanol–water partition coefficient (Wildman–Crippen LogP) is 6.61. The fourth-order valence-corrected chi connectivity index (χ4v) is 3.58. The molecule has 3 rings (SSSR count). The van der Waals surface area contributed by atoms with E-state index in [2.05, 4.69) is 42.6 Å². The number of nitrogens with one attached hydrogen (secondary N) is 1. The second-order valence-corrected chi connectivity index (χ2v) is 7.99. The first kappa shape index (κ1) is 22.5. The average molecular weight is 444 g/mol. The van der Waals surface area contributed by atoms with Crippen molar-refractivity contribution in [3.05, 3.63) is 93.0 Å². The smallest absolute Gasteiger partial charge is 0.161 e. The molecule has 1 N–H and O–H groups in total. The van der Waals surface area contributed by atoms with Crippen molar-refractivity contribution in [2.24, 2.45) is 0 Å². The highest BCUT2D eigenvalue weighted by atomic mass is 35.5. The maximum atomic E-state index is 6.24. The van der Waals surface area contributed by atoms with Gasteiger partial charge in [-0.3, -0.25) is 0 Å². The standard InChI is InChI=1S/C25H27Cl2NO2/c1-3-29-25-14-20(16-28-13-12-21-9-10-22(26)15-23(21)27)8-11-24(25)30-17-19-6-4-18(2)5-7-19/h4-11,14-15,28H,3,12-13,16-17H2,1-2H3. The van der Waals surface area contributed by atoms with Gasteiger partial charge in [0.2, 0.25) is 0 Å². The molecule has 0 aliphatic heterocycles. The highest BCUT2D eigenvalue weighted by Crippen LogP contribution is 2.29. The quantitative estimate of drug-likeness (QED) is 0.357. The van der Waals surface area contributed by atoms with Crippen molar-refractivity contribution in [3.8, 4) is 11.5 Å². The van der Waals surface area contributed by atoms with E-state index in [1.165, 1.54) is 5.56 Å². The minimum Gasteiger partial charge on any atom is -0.490 e. The van der Waals surface area contributed by atoms with Gasteiger partial charge in [-0.1, -0.05) is 65.2 Å². The van der Waals surface area contributed by atoms with E-state index in [0.717, 1.165) is 47.7 Å². The summed E-state index contributed by atoms with van der Waals surface area (Å²) in [5.74, 6) is 1.53. The molecule has 30 heavy (non-hydrogen) atoms. The number of hydrogen-bond acceptors (Lipinski definition) is 3. The third-order valence-corrected chi connectivity index (χ3v) is 5.33. The summed E-state index contributed by atoms with van der Waals surface area (Å²) in [6.45, 7) is 6.71. The molecule has 3 aromatic carbocycles. The number of benzene rings is 3. The van der Waals surface area contributed by atoms with Crippen molar-refractivity contribution in [3.63, 3.8) is 0 Å². The SMILES string of the molecule is CCOc1cc(CNCCc2ccc(Cl)cc2Cl)ccc1OCc1ccc(C)cc1. The Hall–Kier alpha value is -2.20. The first-order chi connectivity index (χ1) is 14.5. The Morgan fingerprint density at radius 1 is 0.833 bits per heavy atom. The maximum Gasteiger partial charge on any atom is 0.161 e. The monoisotopic (exact) mass is 443 g/mol. The van der Waals surface area contributed by atoms with E-state index in [0.29, 0.717) is 23.3 Å². The molecule has 0 saturated heterocycles. The second-order valence-electron chi connectivity index (χ2n) is 7.15. The summed E-state index contributed by atoms with van der Waals surface area (Å²) in [5.41, 5.74) is 4.60. The normalized spacial score (nSPS) is 10.8. The predicted molar refractivity (Wildman–Crippen MR) is 125 cm³/mol. The van der Waals surface area contributed by atoms with Gasteiger partial charge in [0.25, 0.3) is 0 Å². The fourth-order valence-electron chi connectivity index (χ4n) is 3.08. The van der Waals surface area contributed by atoms with Crippen molar-refractivity contribution in [1.29, 1.82) is 0 Å². The molecule has 0 radical (unpaired) electrons. The van der Waals surface area contributed by atoms with E-state index in [1.54, 1.807) is 6.07 Å². The van der Waals surface area contributed by atoms with Gasteiger partial charge < -0.3 is 14.8 Å². The summed E-state index contributed by atoms with van der Waals surface area (Å²) in [7, 11) is 0. The van der Waals surface area contributed by atoms with Gasteiger partial charge in [-0.25, -0.2) is 0 Å². The number of ether oxygens (including phenoxy) is 2. The van der Waals surface area contributed by atoms with Gasteiger partial charge in [-0.05, 0) is 67.8 Å². The first-order valence-corrected chi connectivity index (χ1v) is 10.9. The van der Waals surface area contributed by atoms with Crippen LogP contribution in [0.5, 0.6) is 11.5 Å². The zero-order chi connectivity index (χ0) is 21.3. The summed E-state index contributed by atoms with van der Waals surface area (Å²) < 4.78 is 11.8. The Balaban J connectivity index is 1.55. The Bertz CT molecular complexity index is 958. The van der Waals surface area contributed by atoms with Gasteiger partial charge >= 0.3 is 0 Å². The van der Waals surface area contributed by atoms with Crippen LogP contribution in [-0.2, 0) is 19.6 Å². The van der Waals surface area contributed by atoms with Gasteiger partial charge in [-0.2, -0.15) is 0 Å². The minimum absolute atomic E-state index is 0.514. The van der Waals surface area contributed by atoms with E-state index in [9.17, 15) is 0 Å². The van der Waals surface area contributed by atoms with Crippen LogP contribution in [0.15, 0.2) is 60.7 Å². The van der Waals surface area contributed by atoms with Crippen molar-refractivity contribution in [1.82, 2.24) is 5.32 Å².